The van der Waals surface area contributed by atoms with Crippen LogP contribution in [0.25, 0.3) is 0 Å². The number of halogens is 1. The summed E-state index contributed by atoms with van der Waals surface area (Å²) in [5, 5.41) is 0.551. The van der Waals surface area contributed by atoms with Crippen LogP contribution in [0.3, 0.4) is 0 Å². The Kier molecular flexibility index (Phi) is 3.54. The van der Waals surface area contributed by atoms with Crippen molar-refractivity contribution in [2.24, 2.45) is 11.5 Å². The molecule has 2 rings (SSSR count). The molecule has 17 heavy (non-hydrogen) atoms. The van der Waals surface area contributed by atoms with Crippen molar-refractivity contribution in [2.45, 2.75) is 18.9 Å². The van der Waals surface area contributed by atoms with Gasteiger partial charge in [-0.2, -0.15) is 0 Å². The summed E-state index contributed by atoms with van der Waals surface area (Å²) >= 11 is 6.16. The van der Waals surface area contributed by atoms with E-state index in [1.807, 2.05) is 6.07 Å². The average molecular weight is 254 g/mol. The van der Waals surface area contributed by atoms with Crippen LogP contribution in [0.5, 0.6) is 0 Å². The third-order valence-corrected chi connectivity index (χ3v) is 3.33. The Labute approximate surface area is 106 Å². The van der Waals surface area contributed by atoms with Crippen LogP contribution in [0.15, 0.2) is 18.2 Å². The molecule has 0 saturated carbocycles. The van der Waals surface area contributed by atoms with Crippen molar-refractivity contribution in [3.63, 3.8) is 0 Å². The van der Waals surface area contributed by atoms with Crippen LogP contribution < -0.4 is 16.4 Å². The molecule has 92 valence electrons. The number of anilines is 1. The first-order valence-electron chi connectivity index (χ1n) is 5.68. The number of carbonyl (C=O) groups is 1. The van der Waals surface area contributed by atoms with Gasteiger partial charge < -0.3 is 16.4 Å². The van der Waals surface area contributed by atoms with E-state index in [2.05, 4.69) is 4.90 Å². The fourth-order valence-corrected chi connectivity index (χ4v) is 2.45. The minimum atomic E-state index is -0.464. The quantitative estimate of drug-likeness (QED) is 0.836. The fraction of sp³-hybridized carbons (Fsp3) is 0.417. The van der Waals surface area contributed by atoms with E-state index in [-0.39, 0.29) is 6.04 Å². The van der Waals surface area contributed by atoms with E-state index in [9.17, 15) is 4.79 Å². The predicted molar refractivity (Wildman–Crippen MR) is 69.4 cm³/mol. The number of rotatable bonds is 2. The third-order valence-electron chi connectivity index (χ3n) is 3.03. The minimum absolute atomic E-state index is 0.190. The molecule has 0 aromatic heterocycles. The van der Waals surface area contributed by atoms with E-state index in [1.165, 1.54) is 0 Å². The second kappa shape index (κ2) is 4.94. The molecular formula is C12H16ClN3O. The molecule has 1 atom stereocenters. The van der Waals surface area contributed by atoms with Gasteiger partial charge in [-0.3, -0.25) is 4.79 Å². The van der Waals surface area contributed by atoms with Crippen molar-refractivity contribution >= 4 is 23.2 Å². The lowest BCUT2D eigenvalue weighted by molar-refractivity contribution is 0.100. The highest BCUT2D eigenvalue weighted by atomic mass is 35.5. The number of nitrogens with zero attached hydrogens (tertiary/aromatic N) is 1. The van der Waals surface area contributed by atoms with E-state index in [4.69, 9.17) is 23.1 Å². The Balaban J connectivity index is 2.23. The smallest absolute Gasteiger partial charge is 0.248 e. The first-order chi connectivity index (χ1) is 8.08. The van der Waals surface area contributed by atoms with Crippen LogP contribution in [0.2, 0.25) is 5.02 Å². The van der Waals surface area contributed by atoms with Crippen molar-refractivity contribution in [1.82, 2.24) is 0 Å². The Morgan fingerprint density at radius 1 is 1.47 bits per heavy atom. The molecule has 0 spiro atoms. The van der Waals surface area contributed by atoms with Gasteiger partial charge in [0.05, 0.1) is 10.7 Å². The summed E-state index contributed by atoms with van der Waals surface area (Å²) in [4.78, 5) is 13.2. The summed E-state index contributed by atoms with van der Waals surface area (Å²) in [6, 6.07) is 5.33. The number of carbonyl (C=O) groups excluding carboxylic acids is 1. The molecule has 1 aromatic carbocycles. The zero-order valence-corrected chi connectivity index (χ0v) is 10.3. The number of piperidine rings is 1. The summed E-state index contributed by atoms with van der Waals surface area (Å²) in [5.41, 5.74) is 12.5. The van der Waals surface area contributed by atoms with Gasteiger partial charge >= 0.3 is 0 Å². The maximum Gasteiger partial charge on any atom is 0.248 e. The predicted octanol–water partition coefficient (Wildman–Crippen LogP) is 1.37. The molecule has 1 aliphatic heterocycles. The fourth-order valence-electron chi connectivity index (χ4n) is 2.15. The van der Waals surface area contributed by atoms with Gasteiger partial charge in [-0.15, -0.1) is 0 Å². The topological polar surface area (TPSA) is 72.4 Å². The zero-order valence-electron chi connectivity index (χ0n) is 9.53. The number of amides is 1. The summed E-state index contributed by atoms with van der Waals surface area (Å²) in [6.07, 6.45) is 2.11. The lowest BCUT2D eigenvalue weighted by atomic mass is 10.1. The molecule has 4 nitrogen and oxygen atoms in total. The summed E-state index contributed by atoms with van der Waals surface area (Å²) < 4.78 is 0. The van der Waals surface area contributed by atoms with Crippen molar-refractivity contribution in [1.29, 1.82) is 0 Å². The molecule has 1 heterocycles. The van der Waals surface area contributed by atoms with Crippen LogP contribution >= 0.6 is 11.6 Å². The lowest BCUT2D eigenvalue weighted by Crippen LogP contribution is -2.42. The average Bonchev–Trinajstić information content (AvgIpc) is 2.28. The van der Waals surface area contributed by atoms with Gasteiger partial charge in [-0.1, -0.05) is 11.6 Å². The first-order valence-corrected chi connectivity index (χ1v) is 6.05. The molecule has 1 aliphatic rings. The van der Waals surface area contributed by atoms with Gasteiger partial charge in [-0.25, -0.2) is 0 Å². The van der Waals surface area contributed by atoms with E-state index >= 15 is 0 Å². The highest BCUT2D eigenvalue weighted by Gasteiger charge is 2.19. The highest BCUT2D eigenvalue weighted by molar-refractivity contribution is 6.33. The largest absolute Gasteiger partial charge is 0.369 e. The molecule has 4 N–H and O–H groups in total. The second-order valence-electron chi connectivity index (χ2n) is 4.38. The maximum atomic E-state index is 11.0. The SMILES string of the molecule is NC(=O)c1ccc(N2CCC[C@@H](N)C2)c(Cl)c1. The van der Waals surface area contributed by atoms with Crippen molar-refractivity contribution in [3.05, 3.63) is 28.8 Å². The normalized spacial score (nSPS) is 20.4. The standard InChI is InChI=1S/C12H16ClN3O/c13-10-6-8(12(15)17)3-4-11(10)16-5-1-2-9(14)7-16/h3-4,6,9H,1-2,5,7,14H2,(H2,15,17)/t9-/m1/s1. The molecule has 1 saturated heterocycles. The van der Waals surface area contributed by atoms with Gasteiger partial charge in [0.25, 0.3) is 0 Å². The molecule has 0 bridgehead atoms. The minimum Gasteiger partial charge on any atom is -0.369 e. The first kappa shape index (κ1) is 12.2. The lowest BCUT2D eigenvalue weighted by Gasteiger charge is -2.33. The number of nitrogens with two attached hydrogens (primary N) is 2. The van der Waals surface area contributed by atoms with Gasteiger partial charge in [0, 0.05) is 24.7 Å². The summed E-state index contributed by atoms with van der Waals surface area (Å²) in [7, 11) is 0. The molecule has 0 radical (unpaired) electrons. The zero-order chi connectivity index (χ0) is 12.4. The van der Waals surface area contributed by atoms with E-state index in [0.29, 0.717) is 10.6 Å². The van der Waals surface area contributed by atoms with Gasteiger partial charge in [0.1, 0.15) is 0 Å². The second-order valence-corrected chi connectivity index (χ2v) is 4.79. The van der Waals surface area contributed by atoms with Crippen molar-refractivity contribution in [2.75, 3.05) is 18.0 Å². The van der Waals surface area contributed by atoms with Gasteiger partial charge in [0.2, 0.25) is 5.91 Å². The van der Waals surface area contributed by atoms with Crippen LogP contribution in [-0.2, 0) is 0 Å². The van der Waals surface area contributed by atoms with E-state index < -0.39 is 5.91 Å². The van der Waals surface area contributed by atoms with E-state index in [1.54, 1.807) is 12.1 Å². The van der Waals surface area contributed by atoms with Gasteiger partial charge in [0.15, 0.2) is 0 Å². The Morgan fingerprint density at radius 2 is 2.24 bits per heavy atom. The molecule has 1 aromatic rings. The maximum absolute atomic E-state index is 11.0. The summed E-state index contributed by atoms with van der Waals surface area (Å²) in [6.45, 7) is 1.75. The monoisotopic (exact) mass is 253 g/mol. The molecule has 5 heteroatoms. The van der Waals surface area contributed by atoms with Crippen LogP contribution in [0, 0.1) is 0 Å². The molecular weight excluding hydrogens is 238 g/mol. The van der Waals surface area contributed by atoms with Crippen molar-refractivity contribution < 1.29 is 4.79 Å². The Hall–Kier alpha value is -1.26. The Morgan fingerprint density at radius 3 is 2.82 bits per heavy atom. The van der Waals surface area contributed by atoms with Gasteiger partial charge in [-0.05, 0) is 31.0 Å². The molecule has 0 unspecified atom stereocenters. The number of hydrogen-bond donors (Lipinski definition) is 2. The highest BCUT2D eigenvalue weighted by Crippen LogP contribution is 2.28. The Bertz CT molecular complexity index is 436. The number of primary amides is 1. The van der Waals surface area contributed by atoms with E-state index in [0.717, 1.165) is 31.6 Å². The third kappa shape index (κ3) is 2.70. The number of benzene rings is 1. The molecule has 1 amide bonds. The van der Waals surface area contributed by atoms with Crippen LogP contribution in [-0.4, -0.2) is 25.0 Å². The van der Waals surface area contributed by atoms with Crippen LogP contribution in [0.4, 0.5) is 5.69 Å². The number of hydrogen-bond acceptors (Lipinski definition) is 3. The van der Waals surface area contributed by atoms with Crippen LogP contribution in [0.1, 0.15) is 23.2 Å². The summed E-state index contributed by atoms with van der Waals surface area (Å²) in [5.74, 6) is -0.464. The molecule has 1 fully saturated rings. The molecule has 0 aliphatic carbocycles. The van der Waals surface area contributed by atoms with Crippen molar-refractivity contribution in [3.8, 4) is 0 Å².